The predicted octanol–water partition coefficient (Wildman–Crippen LogP) is -0.865. The Bertz CT molecular complexity index is 385. The van der Waals surface area contributed by atoms with E-state index in [1.165, 1.54) is 5.56 Å². The molecule has 2 heterocycles. The fourth-order valence-electron chi connectivity index (χ4n) is 1.78. The molecular formula is C9H14N4O. The number of hydrogen-bond donors (Lipinski definition) is 3. The Morgan fingerprint density at radius 1 is 1.57 bits per heavy atom. The van der Waals surface area contributed by atoms with Gasteiger partial charge < -0.3 is 15.6 Å². The van der Waals surface area contributed by atoms with Crippen molar-refractivity contribution in [3.8, 4) is 0 Å². The van der Waals surface area contributed by atoms with Gasteiger partial charge in [0.15, 0.2) is 0 Å². The lowest BCUT2D eigenvalue weighted by molar-refractivity contribution is 0.605. The van der Waals surface area contributed by atoms with E-state index in [1.54, 1.807) is 0 Å². The van der Waals surface area contributed by atoms with E-state index >= 15 is 0 Å². The topological polar surface area (TPSA) is 69.8 Å². The van der Waals surface area contributed by atoms with Crippen LogP contribution in [0, 0.1) is 0 Å². The molecular weight excluding hydrogens is 180 g/mol. The second-order valence-electron chi connectivity index (χ2n) is 3.40. The van der Waals surface area contributed by atoms with Crippen LogP contribution in [-0.4, -0.2) is 23.6 Å². The van der Waals surface area contributed by atoms with E-state index in [9.17, 15) is 4.79 Å². The highest BCUT2D eigenvalue weighted by molar-refractivity contribution is 5.26. The number of fused-ring (bicyclic) bond motifs is 1. The summed E-state index contributed by atoms with van der Waals surface area (Å²) in [6.07, 6.45) is 0.941. The molecule has 0 unspecified atom stereocenters. The molecule has 3 N–H and O–H groups in total. The average molecular weight is 194 g/mol. The number of aromatic amines is 1. The highest BCUT2D eigenvalue weighted by Gasteiger charge is 2.14. The van der Waals surface area contributed by atoms with Crippen LogP contribution in [0.3, 0.4) is 0 Å². The molecule has 1 aromatic heterocycles. The lowest BCUT2D eigenvalue weighted by atomic mass is 10.0. The molecule has 0 aromatic carbocycles. The van der Waals surface area contributed by atoms with Gasteiger partial charge >= 0.3 is 5.69 Å². The van der Waals surface area contributed by atoms with Gasteiger partial charge in [0.1, 0.15) is 0 Å². The highest BCUT2D eigenvalue weighted by atomic mass is 16.1. The molecule has 0 saturated heterocycles. The Kier molecular flexibility index (Phi) is 2.60. The maximum Gasteiger partial charge on any atom is 0.345 e. The minimum absolute atomic E-state index is 0.252. The number of rotatable bonds is 2. The molecule has 1 aliphatic rings. The fraction of sp³-hybridized carbons (Fsp3) is 0.556. The largest absolute Gasteiger partial charge is 0.345 e. The molecule has 1 aliphatic heterocycles. The summed E-state index contributed by atoms with van der Waals surface area (Å²) in [5, 5.41) is 6.24. The standard InChI is InChI=1S/C9H14N4O/c1-10-4-7-6-2-3-11-5-8(6)13-9(14)12-7/h10-11H,2-5H2,1H3,(H,12,13,14). The molecule has 0 atom stereocenters. The molecule has 0 radical (unpaired) electrons. The van der Waals surface area contributed by atoms with Crippen molar-refractivity contribution in [2.45, 2.75) is 19.5 Å². The molecule has 0 spiro atoms. The third kappa shape index (κ3) is 1.69. The first-order chi connectivity index (χ1) is 6.81. The monoisotopic (exact) mass is 194 g/mol. The van der Waals surface area contributed by atoms with E-state index in [-0.39, 0.29) is 5.69 Å². The number of nitrogens with zero attached hydrogens (tertiary/aromatic N) is 1. The highest BCUT2D eigenvalue weighted by Crippen LogP contribution is 2.12. The molecule has 5 heteroatoms. The second-order valence-corrected chi connectivity index (χ2v) is 3.40. The van der Waals surface area contributed by atoms with Crippen LogP contribution in [0.1, 0.15) is 17.0 Å². The van der Waals surface area contributed by atoms with Gasteiger partial charge in [-0.1, -0.05) is 0 Å². The summed E-state index contributed by atoms with van der Waals surface area (Å²) in [5.41, 5.74) is 2.81. The predicted molar refractivity (Wildman–Crippen MR) is 53.0 cm³/mol. The minimum Gasteiger partial charge on any atom is -0.314 e. The van der Waals surface area contributed by atoms with Crippen LogP contribution < -0.4 is 16.3 Å². The SMILES string of the molecule is CNCc1nc(=O)[nH]c2c1CCNC2. The van der Waals surface area contributed by atoms with Crippen molar-refractivity contribution in [3.05, 3.63) is 27.4 Å². The molecule has 1 aromatic rings. The van der Waals surface area contributed by atoms with Gasteiger partial charge in [0.2, 0.25) is 0 Å². The van der Waals surface area contributed by atoms with Gasteiger partial charge in [0, 0.05) is 18.8 Å². The Morgan fingerprint density at radius 2 is 2.43 bits per heavy atom. The second kappa shape index (κ2) is 3.89. The molecule has 0 aliphatic carbocycles. The summed E-state index contributed by atoms with van der Waals surface area (Å²) < 4.78 is 0. The van der Waals surface area contributed by atoms with E-state index in [0.29, 0.717) is 6.54 Å². The number of aromatic nitrogens is 2. The first kappa shape index (κ1) is 9.36. The van der Waals surface area contributed by atoms with Gasteiger partial charge in [0.05, 0.1) is 5.69 Å². The maximum atomic E-state index is 11.2. The van der Waals surface area contributed by atoms with Gasteiger partial charge in [0.25, 0.3) is 0 Å². The normalized spacial score (nSPS) is 15.2. The van der Waals surface area contributed by atoms with Gasteiger partial charge in [-0.15, -0.1) is 0 Å². The minimum atomic E-state index is -0.252. The van der Waals surface area contributed by atoms with Crippen molar-refractivity contribution in [3.63, 3.8) is 0 Å². The van der Waals surface area contributed by atoms with Crippen molar-refractivity contribution < 1.29 is 0 Å². The van der Waals surface area contributed by atoms with Crippen LogP contribution in [0.25, 0.3) is 0 Å². The van der Waals surface area contributed by atoms with E-state index in [2.05, 4.69) is 20.6 Å². The van der Waals surface area contributed by atoms with Gasteiger partial charge in [-0.2, -0.15) is 4.98 Å². The molecule has 0 bridgehead atoms. The van der Waals surface area contributed by atoms with Crippen LogP contribution in [0.5, 0.6) is 0 Å². The third-order valence-corrected chi connectivity index (χ3v) is 2.40. The Balaban J connectivity index is 2.47. The Morgan fingerprint density at radius 3 is 3.21 bits per heavy atom. The molecule has 76 valence electrons. The van der Waals surface area contributed by atoms with Crippen LogP contribution in [-0.2, 0) is 19.5 Å². The number of H-pyrrole nitrogens is 1. The van der Waals surface area contributed by atoms with Crippen LogP contribution in [0.4, 0.5) is 0 Å². The Hall–Kier alpha value is -1.20. The van der Waals surface area contributed by atoms with Crippen molar-refractivity contribution in [2.24, 2.45) is 0 Å². The van der Waals surface area contributed by atoms with Crippen LogP contribution in [0.2, 0.25) is 0 Å². The lowest BCUT2D eigenvalue weighted by Gasteiger charge is -2.18. The molecule has 0 saturated carbocycles. The summed E-state index contributed by atoms with van der Waals surface area (Å²) in [6, 6.07) is 0. The average Bonchev–Trinajstić information content (AvgIpc) is 2.18. The molecule has 5 nitrogen and oxygen atoms in total. The van der Waals surface area contributed by atoms with Gasteiger partial charge in [-0.25, -0.2) is 4.79 Å². The summed E-state index contributed by atoms with van der Waals surface area (Å²) in [5.74, 6) is 0. The zero-order valence-electron chi connectivity index (χ0n) is 8.18. The van der Waals surface area contributed by atoms with Gasteiger partial charge in [-0.3, -0.25) is 0 Å². The summed E-state index contributed by atoms with van der Waals surface area (Å²) in [4.78, 5) is 18.0. The van der Waals surface area contributed by atoms with E-state index in [1.807, 2.05) is 7.05 Å². The first-order valence-corrected chi connectivity index (χ1v) is 4.77. The molecule has 0 amide bonds. The van der Waals surface area contributed by atoms with Crippen molar-refractivity contribution in [1.29, 1.82) is 0 Å². The third-order valence-electron chi connectivity index (χ3n) is 2.40. The molecule has 2 rings (SSSR count). The van der Waals surface area contributed by atoms with Crippen molar-refractivity contribution in [2.75, 3.05) is 13.6 Å². The van der Waals surface area contributed by atoms with Crippen molar-refractivity contribution in [1.82, 2.24) is 20.6 Å². The smallest absolute Gasteiger partial charge is 0.314 e. The van der Waals surface area contributed by atoms with E-state index in [0.717, 1.165) is 30.9 Å². The number of nitrogens with one attached hydrogen (secondary N) is 3. The van der Waals surface area contributed by atoms with E-state index in [4.69, 9.17) is 0 Å². The summed E-state index contributed by atoms with van der Waals surface area (Å²) in [6.45, 7) is 2.35. The van der Waals surface area contributed by atoms with E-state index < -0.39 is 0 Å². The quantitative estimate of drug-likeness (QED) is 0.572. The van der Waals surface area contributed by atoms with Gasteiger partial charge in [-0.05, 0) is 25.6 Å². The lowest BCUT2D eigenvalue weighted by Crippen LogP contribution is -2.31. The maximum absolute atomic E-state index is 11.2. The summed E-state index contributed by atoms with van der Waals surface area (Å²) in [7, 11) is 1.86. The van der Waals surface area contributed by atoms with Crippen molar-refractivity contribution >= 4 is 0 Å². The number of hydrogen-bond acceptors (Lipinski definition) is 4. The van der Waals surface area contributed by atoms with Crippen LogP contribution in [0.15, 0.2) is 4.79 Å². The first-order valence-electron chi connectivity index (χ1n) is 4.77. The molecule has 0 fully saturated rings. The van der Waals surface area contributed by atoms with Crippen LogP contribution >= 0.6 is 0 Å². The Labute approximate surface area is 82.0 Å². The molecule has 14 heavy (non-hydrogen) atoms. The summed E-state index contributed by atoms with van der Waals surface area (Å²) >= 11 is 0. The fourth-order valence-corrected chi connectivity index (χ4v) is 1.78. The zero-order valence-corrected chi connectivity index (χ0v) is 8.18. The zero-order chi connectivity index (χ0) is 9.97.